The summed E-state index contributed by atoms with van der Waals surface area (Å²) in [5, 5.41) is 10.8. The number of ether oxygens (including phenoxy) is 2. The van der Waals surface area contributed by atoms with Gasteiger partial charge in [0.05, 0.1) is 12.8 Å². The lowest BCUT2D eigenvalue weighted by Gasteiger charge is -2.13. The van der Waals surface area contributed by atoms with Crippen LogP contribution in [0.4, 0.5) is 0 Å². The fourth-order valence-electron chi connectivity index (χ4n) is 2.59. The molecule has 0 bridgehead atoms. The number of aromatic nitrogens is 2. The number of thioether (sulfide) groups is 1. The van der Waals surface area contributed by atoms with Crippen molar-refractivity contribution in [2.24, 2.45) is 0 Å². The Labute approximate surface area is 181 Å². The van der Waals surface area contributed by atoms with Gasteiger partial charge in [-0.15, -0.1) is 0 Å². The van der Waals surface area contributed by atoms with E-state index in [1.807, 2.05) is 6.07 Å². The Kier molecular flexibility index (Phi) is 6.70. The van der Waals surface area contributed by atoms with Gasteiger partial charge in [0, 0.05) is 21.2 Å². The normalized spacial score (nSPS) is 10.4. The molecule has 0 aliphatic rings. The zero-order chi connectivity index (χ0) is 21.0. The monoisotopic (exact) mass is 447 g/mol. The number of H-pyrrole nitrogens is 1. The van der Waals surface area contributed by atoms with E-state index >= 15 is 0 Å². The standard InChI is InChI=1S/C20H15Cl2N3O3S/c1-27-17-7-11(18-14(9-23)19(26)25-20(24-18)29-2)4-6-16(17)28-10-12-3-5-13(21)8-15(12)22/h3-8H,10H2,1-2H3,(H,24,25,26). The van der Waals surface area contributed by atoms with Gasteiger partial charge in [0.25, 0.3) is 5.56 Å². The molecule has 2 aromatic carbocycles. The van der Waals surface area contributed by atoms with E-state index in [9.17, 15) is 10.1 Å². The molecule has 0 unspecified atom stereocenters. The highest BCUT2D eigenvalue weighted by Crippen LogP contribution is 2.34. The molecule has 9 heteroatoms. The van der Waals surface area contributed by atoms with Gasteiger partial charge in [-0.25, -0.2) is 4.98 Å². The van der Waals surface area contributed by atoms with Crippen LogP contribution in [-0.4, -0.2) is 23.3 Å². The summed E-state index contributed by atoms with van der Waals surface area (Å²) in [7, 11) is 1.50. The van der Waals surface area contributed by atoms with E-state index < -0.39 is 5.56 Å². The van der Waals surface area contributed by atoms with Crippen LogP contribution in [0.5, 0.6) is 11.5 Å². The van der Waals surface area contributed by atoms with Gasteiger partial charge in [-0.05, 0) is 36.6 Å². The summed E-state index contributed by atoms with van der Waals surface area (Å²) in [5.74, 6) is 0.917. The molecule has 0 radical (unpaired) electrons. The maximum Gasteiger partial charge on any atom is 0.270 e. The molecule has 148 valence electrons. The topological polar surface area (TPSA) is 88.0 Å². The molecular formula is C20H15Cl2N3O3S. The number of hydrogen-bond donors (Lipinski definition) is 1. The van der Waals surface area contributed by atoms with Crippen LogP contribution in [-0.2, 0) is 6.61 Å². The van der Waals surface area contributed by atoms with Crippen molar-refractivity contribution in [3.05, 3.63) is 67.9 Å². The lowest BCUT2D eigenvalue weighted by molar-refractivity contribution is 0.284. The van der Waals surface area contributed by atoms with Crippen LogP contribution in [0.25, 0.3) is 11.3 Å². The first kappa shape index (κ1) is 21.1. The zero-order valence-electron chi connectivity index (χ0n) is 15.5. The number of rotatable bonds is 6. The number of nitrogens with zero attached hydrogens (tertiary/aromatic N) is 2. The molecule has 6 nitrogen and oxygen atoms in total. The van der Waals surface area contributed by atoms with Gasteiger partial charge in [0.1, 0.15) is 18.2 Å². The van der Waals surface area contributed by atoms with E-state index in [1.54, 1.807) is 42.7 Å². The highest BCUT2D eigenvalue weighted by atomic mass is 35.5. The van der Waals surface area contributed by atoms with Gasteiger partial charge < -0.3 is 14.5 Å². The van der Waals surface area contributed by atoms with E-state index in [1.165, 1.54) is 18.9 Å². The third-order valence-corrected chi connectivity index (χ3v) is 5.21. The molecule has 0 aliphatic carbocycles. The fraction of sp³-hybridized carbons (Fsp3) is 0.150. The first-order chi connectivity index (χ1) is 14.0. The van der Waals surface area contributed by atoms with E-state index in [-0.39, 0.29) is 17.9 Å². The van der Waals surface area contributed by atoms with Crippen LogP contribution in [0.3, 0.4) is 0 Å². The molecule has 3 aromatic rings. The minimum atomic E-state index is -0.487. The third kappa shape index (κ3) is 4.67. The molecule has 0 atom stereocenters. The summed E-state index contributed by atoms with van der Waals surface area (Å²) < 4.78 is 11.3. The zero-order valence-corrected chi connectivity index (χ0v) is 17.8. The molecule has 1 heterocycles. The predicted molar refractivity (Wildman–Crippen MR) is 114 cm³/mol. The average molecular weight is 448 g/mol. The summed E-state index contributed by atoms with van der Waals surface area (Å²) in [6.07, 6.45) is 1.79. The van der Waals surface area contributed by atoms with Gasteiger partial charge in [0.2, 0.25) is 0 Å². The molecular weight excluding hydrogens is 433 g/mol. The number of aromatic amines is 1. The van der Waals surface area contributed by atoms with Crippen molar-refractivity contribution in [1.82, 2.24) is 9.97 Å². The third-order valence-electron chi connectivity index (χ3n) is 4.04. The molecule has 0 amide bonds. The van der Waals surface area contributed by atoms with Crippen LogP contribution >= 0.6 is 35.0 Å². The van der Waals surface area contributed by atoms with Crippen molar-refractivity contribution in [2.75, 3.05) is 13.4 Å². The number of halogens is 2. The second-order valence-corrected chi connectivity index (χ2v) is 7.44. The van der Waals surface area contributed by atoms with Crippen LogP contribution in [0, 0.1) is 11.3 Å². The molecule has 1 N–H and O–H groups in total. The SMILES string of the molecule is COc1cc(-c2nc(SC)[nH]c(=O)c2C#N)ccc1OCc1ccc(Cl)cc1Cl. The quantitative estimate of drug-likeness (QED) is 0.425. The maximum absolute atomic E-state index is 12.2. The number of benzene rings is 2. The van der Waals surface area contributed by atoms with Crippen molar-refractivity contribution in [2.45, 2.75) is 11.8 Å². The first-order valence-electron chi connectivity index (χ1n) is 8.30. The minimum absolute atomic E-state index is 0.0635. The van der Waals surface area contributed by atoms with E-state index in [4.69, 9.17) is 32.7 Å². The van der Waals surface area contributed by atoms with Crippen LogP contribution in [0.15, 0.2) is 46.3 Å². The van der Waals surface area contributed by atoms with E-state index in [2.05, 4.69) is 9.97 Å². The number of hydrogen-bond acceptors (Lipinski definition) is 6. The van der Waals surface area contributed by atoms with Crippen LogP contribution in [0.2, 0.25) is 10.0 Å². The summed E-state index contributed by atoms with van der Waals surface area (Å²) in [6.45, 7) is 0.217. The lowest BCUT2D eigenvalue weighted by Crippen LogP contribution is -2.14. The number of nitrogens with one attached hydrogen (secondary N) is 1. The van der Waals surface area contributed by atoms with Gasteiger partial charge in [0.15, 0.2) is 16.7 Å². The largest absolute Gasteiger partial charge is 0.493 e. The first-order valence-corrected chi connectivity index (χ1v) is 10.3. The molecule has 0 aliphatic heterocycles. The minimum Gasteiger partial charge on any atom is -0.493 e. The molecule has 29 heavy (non-hydrogen) atoms. The number of methoxy groups -OCH3 is 1. The molecule has 0 spiro atoms. The predicted octanol–water partition coefficient (Wildman–Crippen LogP) is 4.92. The van der Waals surface area contributed by atoms with Crippen LogP contribution in [0.1, 0.15) is 11.1 Å². The number of nitriles is 1. The second kappa shape index (κ2) is 9.23. The Balaban J connectivity index is 1.95. The van der Waals surface area contributed by atoms with Gasteiger partial charge in [-0.2, -0.15) is 5.26 Å². The van der Waals surface area contributed by atoms with Crippen molar-refractivity contribution in [1.29, 1.82) is 5.26 Å². The molecule has 0 fully saturated rings. The fourth-order valence-corrected chi connectivity index (χ4v) is 3.43. The lowest BCUT2D eigenvalue weighted by atomic mass is 10.1. The Morgan fingerprint density at radius 3 is 2.66 bits per heavy atom. The van der Waals surface area contributed by atoms with Gasteiger partial charge in [-0.3, -0.25) is 4.79 Å². The van der Waals surface area contributed by atoms with Gasteiger partial charge in [-0.1, -0.05) is 41.0 Å². The summed E-state index contributed by atoms with van der Waals surface area (Å²) >= 11 is 13.4. The highest BCUT2D eigenvalue weighted by molar-refractivity contribution is 7.98. The van der Waals surface area contributed by atoms with Crippen molar-refractivity contribution in [3.63, 3.8) is 0 Å². The van der Waals surface area contributed by atoms with Crippen molar-refractivity contribution in [3.8, 4) is 28.8 Å². The molecule has 0 saturated carbocycles. The van der Waals surface area contributed by atoms with Gasteiger partial charge >= 0.3 is 0 Å². The Bertz CT molecular complexity index is 1160. The maximum atomic E-state index is 12.2. The second-order valence-electron chi connectivity index (χ2n) is 5.80. The Morgan fingerprint density at radius 1 is 1.21 bits per heavy atom. The molecule has 1 aromatic heterocycles. The smallest absolute Gasteiger partial charge is 0.270 e. The summed E-state index contributed by atoms with van der Waals surface area (Å²) in [5.41, 5.74) is 1.07. The highest BCUT2D eigenvalue weighted by Gasteiger charge is 2.16. The Morgan fingerprint density at radius 2 is 2.00 bits per heavy atom. The van der Waals surface area contributed by atoms with Crippen LogP contribution < -0.4 is 15.0 Å². The average Bonchev–Trinajstić information content (AvgIpc) is 2.72. The molecule has 0 saturated heterocycles. The van der Waals surface area contributed by atoms with Crippen molar-refractivity contribution >= 4 is 35.0 Å². The summed E-state index contributed by atoms with van der Waals surface area (Å²) in [6, 6.07) is 12.2. The van der Waals surface area contributed by atoms with E-state index in [0.29, 0.717) is 32.3 Å². The molecule has 3 rings (SSSR count). The summed E-state index contributed by atoms with van der Waals surface area (Å²) in [4.78, 5) is 19.1. The van der Waals surface area contributed by atoms with E-state index in [0.717, 1.165) is 5.56 Å². The Hall–Kier alpha value is -2.66. The van der Waals surface area contributed by atoms with Crippen molar-refractivity contribution < 1.29 is 9.47 Å².